The van der Waals surface area contributed by atoms with Gasteiger partial charge in [-0.2, -0.15) is 11.3 Å². The Morgan fingerprint density at radius 2 is 2.30 bits per heavy atom. The van der Waals surface area contributed by atoms with E-state index < -0.39 is 18.0 Å². The van der Waals surface area contributed by atoms with E-state index in [1.807, 2.05) is 16.8 Å². The lowest BCUT2D eigenvalue weighted by Gasteiger charge is -2.14. The van der Waals surface area contributed by atoms with Crippen LogP contribution >= 0.6 is 11.3 Å². The van der Waals surface area contributed by atoms with Crippen molar-refractivity contribution < 1.29 is 19.4 Å². The van der Waals surface area contributed by atoms with Crippen LogP contribution in [0.2, 0.25) is 0 Å². The van der Waals surface area contributed by atoms with Crippen molar-refractivity contribution in [1.82, 2.24) is 10.6 Å². The zero-order valence-electron chi connectivity index (χ0n) is 11.4. The lowest BCUT2D eigenvalue weighted by molar-refractivity contribution is -0.139. The van der Waals surface area contributed by atoms with E-state index in [1.54, 1.807) is 18.4 Å². The van der Waals surface area contributed by atoms with Gasteiger partial charge in [0.2, 0.25) is 0 Å². The van der Waals surface area contributed by atoms with Gasteiger partial charge in [0.15, 0.2) is 0 Å². The van der Waals surface area contributed by atoms with Crippen molar-refractivity contribution in [1.29, 1.82) is 0 Å². The van der Waals surface area contributed by atoms with Crippen LogP contribution in [0.5, 0.6) is 0 Å². The molecule has 0 aliphatic carbocycles. The molecule has 6 nitrogen and oxygen atoms in total. The highest BCUT2D eigenvalue weighted by Crippen LogP contribution is 2.05. The molecule has 1 heterocycles. The van der Waals surface area contributed by atoms with Gasteiger partial charge in [-0.25, -0.2) is 9.59 Å². The third-order valence-corrected chi connectivity index (χ3v) is 3.46. The Hall–Kier alpha value is -1.60. The molecule has 3 N–H and O–H groups in total. The first-order chi connectivity index (χ1) is 9.63. The van der Waals surface area contributed by atoms with Gasteiger partial charge in [0, 0.05) is 20.3 Å². The molecule has 112 valence electrons. The van der Waals surface area contributed by atoms with Gasteiger partial charge in [-0.15, -0.1) is 0 Å². The van der Waals surface area contributed by atoms with Crippen molar-refractivity contribution >= 4 is 23.3 Å². The number of rotatable bonds is 9. The van der Waals surface area contributed by atoms with Gasteiger partial charge < -0.3 is 20.5 Å². The normalized spacial score (nSPS) is 11.8. The predicted molar refractivity (Wildman–Crippen MR) is 77.1 cm³/mol. The van der Waals surface area contributed by atoms with Crippen LogP contribution in [0.3, 0.4) is 0 Å². The van der Waals surface area contributed by atoms with Crippen LogP contribution in [0, 0.1) is 0 Å². The van der Waals surface area contributed by atoms with Crippen molar-refractivity contribution in [3.8, 4) is 0 Å². The minimum Gasteiger partial charge on any atom is -0.480 e. The molecule has 0 aliphatic heterocycles. The van der Waals surface area contributed by atoms with E-state index in [4.69, 9.17) is 9.84 Å². The quantitative estimate of drug-likeness (QED) is 0.603. The average Bonchev–Trinajstić information content (AvgIpc) is 2.91. The summed E-state index contributed by atoms with van der Waals surface area (Å²) in [7, 11) is 1.56. The van der Waals surface area contributed by atoms with E-state index >= 15 is 0 Å². The van der Waals surface area contributed by atoms with Crippen molar-refractivity contribution in [3.05, 3.63) is 22.4 Å². The standard InChI is InChI=1S/C13H20N2O4S/c1-19-7-2-3-11(12(16)17)15-13(18)14-6-4-10-5-8-20-9-10/h5,8-9,11H,2-4,6-7H2,1H3,(H,16,17)(H2,14,15,18). The van der Waals surface area contributed by atoms with Gasteiger partial charge in [-0.05, 0) is 41.7 Å². The molecule has 0 aromatic carbocycles. The number of hydrogen-bond donors (Lipinski definition) is 3. The summed E-state index contributed by atoms with van der Waals surface area (Å²) in [5.74, 6) is -1.03. The summed E-state index contributed by atoms with van der Waals surface area (Å²) in [5, 5.41) is 18.1. The summed E-state index contributed by atoms with van der Waals surface area (Å²) < 4.78 is 4.86. The van der Waals surface area contributed by atoms with Crippen LogP contribution in [-0.4, -0.2) is 43.4 Å². The van der Waals surface area contributed by atoms with Gasteiger partial charge in [-0.1, -0.05) is 0 Å². The number of amides is 2. The molecule has 1 atom stereocenters. The second-order valence-corrected chi connectivity index (χ2v) is 5.09. The number of urea groups is 1. The van der Waals surface area contributed by atoms with E-state index in [0.717, 1.165) is 12.0 Å². The molecule has 7 heteroatoms. The zero-order chi connectivity index (χ0) is 14.8. The number of carbonyl (C=O) groups is 2. The highest BCUT2D eigenvalue weighted by atomic mass is 32.1. The molecular formula is C13H20N2O4S. The molecule has 1 aromatic heterocycles. The Morgan fingerprint density at radius 3 is 2.90 bits per heavy atom. The molecule has 1 unspecified atom stereocenters. The Kier molecular flexibility index (Phi) is 7.67. The number of carbonyl (C=O) groups excluding carboxylic acids is 1. The number of nitrogens with one attached hydrogen (secondary N) is 2. The lowest BCUT2D eigenvalue weighted by Crippen LogP contribution is -2.46. The van der Waals surface area contributed by atoms with E-state index in [-0.39, 0.29) is 0 Å². The first-order valence-corrected chi connectivity index (χ1v) is 7.35. The number of hydrogen-bond acceptors (Lipinski definition) is 4. The van der Waals surface area contributed by atoms with Crippen LogP contribution < -0.4 is 10.6 Å². The van der Waals surface area contributed by atoms with Gasteiger partial charge in [0.25, 0.3) is 0 Å². The summed E-state index contributed by atoms with van der Waals surface area (Å²) >= 11 is 1.61. The predicted octanol–water partition coefficient (Wildman–Crippen LogP) is 1.47. The molecule has 1 aromatic rings. The monoisotopic (exact) mass is 300 g/mol. The smallest absolute Gasteiger partial charge is 0.326 e. The van der Waals surface area contributed by atoms with Gasteiger partial charge in [0.1, 0.15) is 6.04 Å². The second kappa shape index (κ2) is 9.33. The topological polar surface area (TPSA) is 87.7 Å². The number of thiophene rings is 1. The summed E-state index contributed by atoms with van der Waals surface area (Å²) in [4.78, 5) is 22.6. The fourth-order valence-electron chi connectivity index (χ4n) is 1.65. The molecule has 20 heavy (non-hydrogen) atoms. The number of carboxylic acid groups (broad SMARTS) is 1. The van der Waals surface area contributed by atoms with Crippen molar-refractivity contribution in [2.45, 2.75) is 25.3 Å². The summed E-state index contributed by atoms with van der Waals surface area (Å²) in [6.45, 7) is 0.957. The molecule has 0 saturated heterocycles. The molecular weight excluding hydrogens is 280 g/mol. The van der Waals surface area contributed by atoms with Crippen LogP contribution in [0.15, 0.2) is 16.8 Å². The SMILES string of the molecule is COCCCC(NC(=O)NCCc1ccsc1)C(=O)O. The van der Waals surface area contributed by atoms with Gasteiger partial charge in [0.05, 0.1) is 0 Å². The number of ether oxygens (including phenoxy) is 1. The minimum atomic E-state index is -1.03. The van der Waals surface area contributed by atoms with Crippen LogP contribution in [0.25, 0.3) is 0 Å². The van der Waals surface area contributed by atoms with Gasteiger partial charge >= 0.3 is 12.0 Å². The molecule has 0 spiro atoms. The summed E-state index contributed by atoms with van der Waals surface area (Å²) in [5.41, 5.74) is 1.16. The largest absolute Gasteiger partial charge is 0.480 e. The Labute approximate surface area is 122 Å². The third kappa shape index (κ3) is 6.53. The maximum Gasteiger partial charge on any atom is 0.326 e. The molecule has 2 amide bonds. The second-order valence-electron chi connectivity index (χ2n) is 4.31. The fourth-order valence-corrected chi connectivity index (χ4v) is 2.36. The van der Waals surface area contributed by atoms with Crippen molar-refractivity contribution in [2.75, 3.05) is 20.3 Å². The number of methoxy groups -OCH3 is 1. The minimum absolute atomic E-state index is 0.348. The van der Waals surface area contributed by atoms with Gasteiger partial charge in [-0.3, -0.25) is 0 Å². The van der Waals surface area contributed by atoms with Crippen molar-refractivity contribution in [3.63, 3.8) is 0 Å². The highest BCUT2D eigenvalue weighted by Gasteiger charge is 2.18. The summed E-state index contributed by atoms with van der Waals surface area (Å²) in [6.07, 6.45) is 1.67. The van der Waals surface area contributed by atoms with Crippen LogP contribution in [0.1, 0.15) is 18.4 Å². The van der Waals surface area contributed by atoms with Crippen LogP contribution in [0.4, 0.5) is 4.79 Å². The van der Waals surface area contributed by atoms with E-state index in [0.29, 0.717) is 26.0 Å². The maximum absolute atomic E-state index is 11.6. The third-order valence-electron chi connectivity index (χ3n) is 2.72. The zero-order valence-corrected chi connectivity index (χ0v) is 12.2. The number of aliphatic carboxylic acids is 1. The van der Waals surface area contributed by atoms with Crippen molar-refractivity contribution in [2.24, 2.45) is 0 Å². The first kappa shape index (κ1) is 16.5. The summed E-state index contributed by atoms with van der Waals surface area (Å²) in [6, 6.07) is 0.658. The molecule has 1 rings (SSSR count). The molecule has 0 fully saturated rings. The highest BCUT2D eigenvalue weighted by molar-refractivity contribution is 7.07. The number of carboxylic acids is 1. The molecule has 0 saturated carbocycles. The van der Waals surface area contributed by atoms with Crippen LogP contribution in [-0.2, 0) is 16.0 Å². The lowest BCUT2D eigenvalue weighted by atomic mass is 10.1. The van der Waals surface area contributed by atoms with E-state index in [1.165, 1.54) is 0 Å². The first-order valence-electron chi connectivity index (χ1n) is 6.40. The molecule has 0 bridgehead atoms. The molecule has 0 aliphatic rings. The molecule has 0 radical (unpaired) electrons. The Balaban J connectivity index is 2.24. The van der Waals surface area contributed by atoms with E-state index in [2.05, 4.69) is 10.6 Å². The average molecular weight is 300 g/mol. The Morgan fingerprint density at radius 1 is 1.50 bits per heavy atom. The fraction of sp³-hybridized carbons (Fsp3) is 0.538. The Bertz CT molecular complexity index is 409. The maximum atomic E-state index is 11.6. The van der Waals surface area contributed by atoms with E-state index in [9.17, 15) is 9.59 Å².